The second kappa shape index (κ2) is 10.7. The number of nitro benzene ring substituents is 1. The molecule has 1 aliphatic carbocycles. The lowest BCUT2D eigenvalue weighted by molar-refractivity contribution is -0.387. The van der Waals surface area contributed by atoms with Crippen molar-refractivity contribution in [2.45, 2.75) is 52.0 Å². The highest BCUT2D eigenvalue weighted by Crippen LogP contribution is 2.43. The van der Waals surface area contributed by atoms with Gasteiger partial charge in [0.25, 0.3) is 17.2 Å². The van der Waals surface area contributed by atoms with Crippen molar-refractivity contribution in [2.75, 3.05) is 0 Å². The van der Waals surface area contributed by atoms with Crippen LogP contribution in [0.3, 0.4) is 0 Å². The quantitative estimate of drug-likeness (QED) is 0.187. The Balaban J connectivity index is 1.73. The largest absolute Gasteiger partial charge is 0.286 e. The molecule has 1 saturated carbocycles. The van der Waals surface area contributed by atoms with Crippen LogP contribution in [0.4, 0.5) is 5.69 Å². The van der Waals surface area contributed by atoms with Gasteiger partial charge in [-0.3, -0.25) is 19.7 Å². The van der Waals surface area contributed by atoms with Gasteiger partial charge in [0.15, 0.2) is 14.6 Å². The topological polar surface area (TPSA) is 121 Å². The number of nitrogens with zero attached hydrogens (tertiary/aromatic N) is 3. The molecule has 0 radical (unpaired) electrons. The van der Waals surface area contributed by atoms with Crippen molar-refractivity contribution >= 4 is 44.8 Å². The van der Waals surface area contributed by atoms with Crippen LogP contribution in [0.15, 0.2) is 98.3 Å². The van der Waals surface area contributed by atoms with Gasteiger partial charge in [-0.25, -0.2) is 17.8 Å². The molecule has 0 unspecified atom stereocenters. The number of nitro groups is 1. The van der Waals surface area contributed by atoms with Gasteiger partial charge in [-0.05, 0) is 62.2 Å². The Bertz CT molecular complexity index is 1770. The third-order valence-electron chi connectivity index (χ3n) is 7.14. The molecule has 0 amide bonds. The SMILES string of the molecule is Cc1c(Sc2ccccc2[N+](=O)[O-])c(=O)n(-c2ccccc2)n1C(=O)C1(S(=O)(=O)c2ccc(Cl)cc2)CCCC1. The molecule has 1 fully saturated rings. The number of sulfone groups is 1. The van der Waals surface area contributed by atoms with Gasteiger partial charge in [-0.2, -0.15) is 0 Å². The molecule has 0 saturated heterocycles. The van der Waals surface area contributed by atoms with Gasteiger partial charge in [-0.1, -0.05) is 66.5 Å². The van der Waals surface area contributed by atoms with E-state index in [1.165, 1.54) is 42.5 Å². The van der Waals surface area contributed by atoms with Crippen molar-refractivity contribution in [3.05, 3.63) is 110 Å². The molecule has 4 aromatic rings. The molecule has 1 heterocycles. The number of halogens is 1. The normalized spacial score (nSPS) is 14.8. The summed E-state index contributed by atoms with van der Waals surface area (Å²) in [7, 11) is -4.20. The van der Waals surface area contributed by atoms with Crippen LogP contribution in [0.1, 0.15) is 36.2 Å². The summed E-state index contributed by atoms with van der Waals surface area (Å²) in [6, 6.07) is 20.1. The summed E-state index contributed by atoms with van der Waals surface area (Å²) in [5.41, 5.74) is -0.221. The van der Waals surface area contributed by atoms with Crippen LogP contribution in [0.2, 0.25) is 5.02 Å². The Morgan fingerprint density at radius 2 is 1.57 bits per heavy atom. The fourth-order valence-electron chi connectivity index (χ4n) is 5.13. The van der Waals surface area contributed by atoms with Crippen molar-refractivity contribution in [3.8, 4) is 5.69 Å². The lowest BCUT2D eigenvalue weighted by atomic mass is 10.1. The van der Waals surface area contributed by atoms with E-state index in [0.717, 1.165) is 21.1 Å². The molecule has 1 aromatic heterocycles. The van der Waals surface area contributed by atoms with Gasteiger partial charge in [0.1, 0.15) is 4.90 Å². The molecule has 5 rings (SSSR count). The molecule has 40 heavy (non-hydrogen) atoms. The zero-order valence-electron chi connectivity index (χ0n) is 21.3. The summed E-state index contributed by atoms with van der Waals surface area (Å²) in [4.78, 5) is 39.8. The third-order valence-corrected chi connectivity index (χ3v) is 11.1. The first kappa shape index (κ1) is 27.9. The number of carbonyl (C=O) groups excluding carboxylic acids is 1. The Morgan fingerprint density at radius 1 is 0.975 bits per heavy atom. The molecular weight excluding hydrogens is 574 g/mol. The van der Waals surface area contributed by atoms with Crippen LogP contribution in [0.25, 0.3) is 5.69 Å². The number of rotatable bonds is 7. The van der Waals surface area contributed by atoms with Gasteiger partial charge >= 0.3 is 0 Å². The van der Waals surface area contributed by atoms with E-state index in [2.05, 4.69) is 0 Å². The van der Waals surface area contributed by atoms with Gasteiger partial charge in [0, 0.05) is 11.1 Å². The Kier molecular flexibility index (Phi) is 7.47. The van der Waals surface area contributed by atoms with Crippen LogP contribution in [0, 0.1) is 17.0 Å². The number of hydrogen-bond acceptors (Lipinski definition) is 7. The average molecular weight is 598 g/mol. The molecule has 9 nitrogen and oxygen atoms in total. The van der Waals surface area contributed by atoms with Crippen LogP contribution >= 0.6 is 23.4 Å². The van der Waals surface area contributed by atoms with Crippen LogP contribution < -0.4 is 5.56 Å². The maximum atomic E-state index is 14.5. The zero-order chi connectivity index (χ0) is 28.7. The number of benzene rings is 3. The second-order valence-corrected chi connectivity index (χ2v) is 13.2. The summed E-state index contributed by atoms with van der Waals surface area (Å²) in [6.45, 7) is 1.55. The highest BCUT2D eigenvalue weighted by atomic mass is 35.5. The molecule has 0 aliphatic heterocycles. The Hall–Kier alpha value is -3.67. The van der Waals surface area contributed by atoms with Crippen LogP contribution in [-0.4, -0.2) is 33.4 Å². The van der Waals surface area contributed by atoms with E-state index >= 15 is 0 Å². The number of para-hydroxylation sites is 2. The molecular formula is C28H24ClN3O6S2. The molecule has 3 aromatic carbocycles. The van der Waals surface area contributed by atoms with Gasteiger partial charge in [0.2, 0.25) is 0 Å². The summed E-state index contributed by atoms with van der Waals surface area (Å²) in [5, 5.41) is 12.0. The molecule has 12 heteroatoms. The fourth-order valence-corrected chi connectivity index (χ4v) is 8.37. The first-order valence-corrected chi connectivity index (χ1v) is 15.1. The van der Waals surface area contributed by atoms with Gasteiger partial charge in [-0.15, -0.1) is 0 Å². The average Bonchev–Trinajstić information content (AvgIpc) is 3.54. The van der Waals surface area contributed by atoms with Crippen molar-refractivity contribution < 1.29 is 18.1 Å². The molecule has 1 aliphatic rings. The highest BCUT2D eigenvalue weighted by molar-refractivity contribution is 7.99. The maximum absolute atomic E-state index is 14.5. The summed E-state index contributed by atoms with van der Waals surface area (Å²) in [5.74, 6) is -0.743. The predicted molar refractivity (Wildman–Crippen MR) is 152 cm³/mol. The lowest BCUT2D eigenvalue weighted by Gasteiger charge is -2.29. The fraction of sp³-hybridized carbons (Fsp3) is 0.214. The van der Waals surface area contributed by atoms with Gasteiger partial charge in [0.05, 0.1) is 26.1 Å². The lowest BCUT2D eigenvalue weighted by Crippen LogP contribution is -2.49. The Morgan fingerprint density at radius 3 is 2.20 bits per heavy atom. The summed E-state index contributed by atoms with van der Waals surface area (Å²) < 4.78 is 28.7. The van der Waals surface area contributed by atoms with Crippen LogP contribution in [-0.2, 0) is 9.84 Å². The third kappa shape index (κ3) is 4.57. The first-order valence-electron chi connectivity index (χ1n) is 12.4. The monoisotopic (exact) mass is 597 g/mol. The van der Waals surface area contributed by atoms with E-state index in [-0.39, 0.29) is 38.9 Å². The highest BCUT2D eigenvalue weighted by Gasteiger charge is 2.54. The minimum absolute atomic E-state index is 0.0277. The van der Waals surface area contributed by atoms with Crippen molar-refractivity contribution in [1.29, 1.82) is 0 Å². The summed E-state index contributed by atoms with van der Waals surface area (Å²) >= 11 is 6.87. The van der Waals surface area contributed by atoms with Crippen molar-refractivity contribution in [3.63, 3.8) is 0 Å². The minimum atomic E-state index is -4.20. The van der Waals surface area contributed by atoms with E-state index in [4.69, 9.17) is 11.6 Å². The van der Waals surface area contributed by atoms with E-state index in [1.807, 2.05) is 0 Å². The predicted octanol–water partition coefficient (Wildman–Crippen LogP) is 6.09. The molecule has 0 spiro atoms. The van der Waals surface area contributed by atoms with E-state index in [0.29, 0.717) is 23.6 Å². The van der Waals surface area contributed by atoms with E-state index in [1.54, 1.807) is 43.3 Å². The van der Waals surface area contributed by atoms with Crippen molar-refractivity contribution in [2.24, 2.45) is 0 Å². The zero-order valence-corrected chi connectivity index (χ0v) is 23.7. The van der Waals surface area contributed by atoms with Gasteiger partial charge < -0.3 is 0 Å². The standard InChI is InChI=1S/C28H24ClN3O6S2/c1-19-25(39-24-12-6-5-11-23(24)32(35)36)26(33)31(21-9-3-2-4-10-21)30(19)27(34)28(17-7-8-18-28)40(37,38)22-15-13-20(29)14-16-22/h2-6,9-16H,7-8,17-18H2,1H3. The smallest absolute Gasteiger partial charge is 0.271 e. The molecule has 0 N–H and O–H groups in total. The van der Waals surface area contributed by atoms with Crippen LogP contribution in [0.5, 0.6) is 0 Å². The minimum Gasteiger partial charge on any atom is -0.271 e. The number of carbonyl (C=O) groups is 1. The molecule has 0 atom stereocenters. The second-order valence-electron chi connectivity index (χ2n) is 9.47. The summed E-state index contributed by atoms with van der Waals surface area (Å²) in [6.07, 6.45) is 1.21. The maximum Gasteiger partial charge on any atom is 0.286 e. The number of aromatic nitrogens is 2. The van der Waals surface area contributed by atoms with Crippen molar-refractivity contribution in [1.82, 2.24) is 9.36 Å². The van der Waals surface area contributed by atoms with E-state index in [9.17, 15) is 28.1 Å². The first-order chi connectivity index (χ1) is 19.1. The van der Waals surface area contributed by atoms with E-state index < -0.39 is 31.0 Å². The Labute approximate surface area is 239 Å². The number of hydrogen-bond donors (Lipinski definition) is 0. The molecule has 206 valence electrons. The molecule has 0 bridgehead atoms.